The third-order valence-electron chi connectivity index (χ3n) is 3.76. The minimum atomic E-state index is -0.958. The maximum Gasteiger partial charge on any atom is 0.331 e. The molecule has 0 radical (unpaired) electrons. The van der Waals surface area contributed by atoms with E-state index < -0.39 is 11.8 Å². The van der Waals surface area contributed by atoms with Gasteiger partial charge in [0.2, 0.25) is 13.6 Å². The van der Waals surface area contributed by atoms with Gasteiger partial charge in [0, 0.05) is 0 Å². The molecule has 2 aromatic rings. The van der Waals surface area contributed by atoms with Crippen LogP contribution in [0.4, 0.5) is 0 Å². The Hall–Kier alpha value is -4.08. The van der Waals surface area contributed by atoms with Crippen molar-refractivity contribution in [2.45, 2.75) is 0 Å². The average Bonchev–Trinajstić information content (AvgIpc) is 3.36. The Labute approximate surface area is 158 Å². The lowest BCUT2D eigenvalue weighted by atomic mass is 10.2. The highest BCUT2D eigenvalue weighted by molar-refractivity contribution is 6.35. The number of nitrogens with zero attached hydrogens (tertiary/aromatic N) is 2. The Morgan fingerprint density at radius 3 is 1.61 bits per heavy atom. The van der Waals surface area contributed by atoms with Crippen molar-refractivity contribution in [2.75, 3.05) is 13.6 Å². The molecule has 0 unspecified atom stereocenters. The van der Waals surface area contributed by atoms with E-state index in [1.54, 1.807) is 36.4 Å². The summed E-state index contributed by atoms with van der Waals surface area (Å²) in [6, 6.07) is 10.3. The Kier molecular flexibility index (Phi) is 4.74. The van der Waals surface area contributed by atoms with Crippen LogP contribution in [0.15, 0.2) is 46.6 Å². The van der Waals surface area contributed by atoms with Crippen molar-refractivity contribution in [3.63, 3.8) is 0 Å². The van der Waals surface area contributed by atoms with E-state index >= 15 is 0 Å². The minimum absolute atomic E-state index is 0.166. The molecule has 28 heavy (non-hydrogen) atoms. The number of nitrogens with one attached hydrogen (secondary N) is 2. The van der Waals surface area contributed by atoms with Gasteiger partial charge in [-0.1, -0.05) is 0 Å². The number of benzene rings is 2. The highest BCUT2D eigenvalue weighted by Gasteiger charge is 2.14. The van der Waals surface area contributed by atoms with Gasteiger partial charge in [0.15, 0.2) is 23.0 Å². The standard InChI is InChI=1S/C18H14N4O6/c23-17(21-19-7-11-1-3-13-15(5-11)27-9-25-13)18(24)22-20-8-12-2-4-14-16(6-12)28-10-26-14/h1-8H,9-10H2,(H,21,23)(H,22,24). The number of fused-ring (bicyclic) bond motifs is 2. The molecule has 2 heterocycles. The molecule has 0 atom stereocenters. The van der Waals surface area contributed by atoms with Crippen LogP contribution in [0.2, 0.25) is 0 Å². The van der Waals surface area contributed by atoms with E-state index in [1.807, 2.05) is 0 Å². The van der Waals surface area contributed by atoms with Crippen molar-refractivity contribution < 1.29 is 28.5 Å². The van der Waals surface area contributed by atoms with Gasteiger partial charge in [0.05, 0.1) is 12.4 Å². The lowest BCUT2D eigenvalue weighted by molar-refractivity contribution is -0.139. The maximum absolute atomic E-state index is 11.7. The SMILES string of the molecule is O=C(NN=Cc1ccc2c(c1)OCO2)C(=O)NN=Cc1ccc2c(c1)OCO2. The van der Waals surface area contributed by atoms with Gasteiger partial charge in [-0.25, -0.2) is 10.9 Å². The second-order valence-electron chi connectivity index (χ2n) is 5.62. The van der Waals surface area contributed by atoms with E-state index in [0.29, 0.717) is 34.1 Å². The highest BCUT2D eigenvalue weighted by Crippen LogP contribution is 2.32. The number of hydrogen-bond donors (Lipinski definition) is 2. The number of hydrazone groups is 2. The van der Waals surface area contributed by atoms with Gasteiger partial charge in [-0.2, -0.15) is 10.2 Å². The summed E-state index contributed by atoms with van der Waals surface area (Å²) >= 11 is 0. The topological polar surface area (TPSA) is 120 Å². The maximum atomic E-state index is 11.7. The molecule has 0 fully saturated rings. The summed E-state index contributed by atoms with van der Waals surface area (Å²) in [7, 11) is 0. The van der Waals surface area contributed by atoms with Crippen LogP contribution in [-0.2, 0) is 9.59 Å². The van der Waals surface area contributed by atoms with Crippen molar-refractivity contribution in [1.82, 2.24) is 10.9 Å². The quantitative estimate of drug-likeness (QED) is 0.457. The molecule has 2 N–H and O–H groups in total. The summed E-state index contributed by atoms with van der Waals surface area (Å²) in [5.74, 6) is 0.540. The van der Waals surface area contributed by atoms with Crippen LogP contribution in [0, 0.1) is 0 Å². The largest absolute Gasteiger partial charge is 0.454 e. The zero-order valence-corrected chi connectivity index (χ0v) is 14.4. The van der Waals surface area contributed by atoms with Gasteiger partial charge in [0.25, 0.3) is 0 Å². The fourth-order valence-electron chi connectivity index (χ4n) is 2.42. The number of hydrogen-bond acceptors (Lipinski definition) is 8. The molecule has 0 aromatic heterocycles. The molecular formula is C18H14N4O6. The van der Waals surface area contributed by atoms with Crippen LogP contribution >= 0.6 is 0 Å². The van der Waals surface area contributed by atoms with Crippen molar-refractivity contribution in [2.24, 2.45) is 10.2 Å². The molecule has 0 spiro atoms. The van der Waals surface area contributed by atoms with E-state index in [2.05, 4.69) is 21.1 Å². The van der Waals surface area contributed by atoms with Gasteiger partial charge < -0.3 is 18.9 Å². The summed E-state index contributed by atoms with van der Waals surface area (Å²) in [5.41, 5.74) is 5.58. The minimum Gasteiger partial charge on any atom is -0.454 e. The van der Waals surface area contributed by atoms with Crippen LogP contribution in [0.1, 0.15) is 11.1 Å². The van der Waals surface area contributed by atoms with E-state index in [9.17, 15) is 9.59 Å². The van der Waals surface area contributed by atoms with Crippen LogP contribution in [-0.4, -0.2) is 37.8 Å². The Balaban J connectivity index is 1.27. The van der Waals surface area contributed by atoms with Gasteiger partial charge >= 0.3 is 11.8 Å². The van der Waals surface area contributed by atoms with Crippen molar-refractivity contribution in [3.8, 4) is 23.0 Å². The van der Waals surface area contributed by atoms with E-state index in [1.165, 1.54) is 12.4 Å². The van der Waals surface area contributed by atoms with Gasteiger partial charge in [-0.15, -0.1) is 0 Å². The van der Waals surface area contributed by atoms with Crippen molar-refractivity contribution in [1.29, 1.82) is 0 Å². The van der Waals surface area contributed by atoms with Crippen LogP contribution in [0.25, 0.3) is 0 Å². The zero-order valence-electron chi connectivity index (χ0n) is 14.4. The second kappa shape index (κ2) is 7.66. The van der Waals surface area contributed by atoms with E-state index in [0.717, 1.165) is 0 Å². The molecule has 2 aromatic carbocycles. The van der Waals surface area contributed by atoms with E-state index in [4.69, 9.17) is 18.9 Å². The third kappa shape index (κ3) is 3.85. The molecule has 0 saturated heterocycles. The van der Waals surface area contributed by atoms with Gasteiger partial charge in [-0.05, 0) is 47.5 Å². The predicted molar refractivity (Wildman–Crippen MR) is 96.6 cm³/mol. The second-order valence-corrected chi connectivity index (χ2v) is 5.62. The van der Waals surface area contributed by atoms with Crippen molar-refractivity contribution >= 4 is 24.2 Å². The predicted octanol–water partition coefficient (Wildman–Crippen LogP) is 0.744. The lowest BCUT2D eigenvalue weighted by Gasteiger charge is -2.00. The van der Waals surface area contributed by atoms with Crippen molar-refractivity contribution in [3.05, 3.63) is 47.5 Å². The number of carbonyl (C=O) groups is 2. The Morgan fingerprint density at radius 1 is 0.714 bits per heavy atom. The van der Waals surface area contributed by atoms with Crippen LogP contribution in [0.3, 0.4) is 0 Å². The molecule has 0 saturated carbocycles. The third-order valence-corrected chi connectivity index (χ3v) is 3.76. The molecule has 2 aliphatic rings. The zero-order chi connectivity index (χ0) is 19.3. The Bertz CT molecular complexity index is 909. The molecule has 4 rings (SSSR count). The van der Waals surface area contributed by atoms with Crippen LogP contribution < -0.4 is 29.8 Å². The van der Waals surface area contributed by atoms with Gasteiger partial charge in [0.1, 0.15) is 0 Å². The molecule has 0 bridgehead atoms. The molecular weight excluding hydrogens is 368 g/mol. The first kappa shape index (κ1) is 17.3. The summed E-state index contributed by atoms with van der Waals surface area (Å²) in [4.78, 5) is 23.4. The molecule has 10 heteroatoms. The molecule has 142 valence electrons. The number of amides is 2. The smallest absolute Gasteiger partial charge is 0.331 e. The lowest BCUT2D eigenvalue weighted by Crippen LogP contribution is -2.35. The van der Waals surface area contributed by atoms with Crippen LogP contribution in [0.5, 0.6) is 23.0 Å². The van der Waals surface area contributed by atoms with Gasteiger partial charge in [-0.3, -0.25) is 9.59 Å². The average molecular weight is 382 g/mol. The molecule has 10 nitrogen and oxygen atoms in total. The summed E-state index contributed by atoms with van der Waals surface area (Å²) in [6.45, 7) is 0.333. The molecule has 0 aliphatic carbocycles. The summed E-state index contributed by atoms with van der Waals surface area (Å²) in [6.07, 6.45) is 2.76. The number of ether oxygens (including phenoxy) is 4. The number of carbonyl (C=O) groups excluding carboxylic acids is 2. The van der Waals surface area contributed by atoms with E-state index in [-0.39, 0.29) is 13.6 Å². The fraction of sp³-hybridized carbons (Fsp3) is 0.111. The molecule has 2 aliphatic heterocycles. The fourth-order valence-corrected chi connectivity index (χ4v) is 2.42. The first-order valence-electron chi connectivity index (χ1n) is 8.15. The first-order chi connectivity index (χ1) is 13.7. The highest BCUT2D eigenvalue weighted by atomic mass is 16.7. The summed E-state index contributed by atoms with van der Waals surface area (Å²) in [5, 5.41) is 7.46. The monoisotopic (exact) mass is 382 g/mol. The molecule has 2 amide bonds. The Morgan fingerprint density at radius 2 is 1.14 bits per heavy atom. The first-order valence-corrected chi connectivity index (χ1v) is 8.15. The normalized spacial score (nSPS) is 13.9. The summed E-state index contributed by atoms with van der Waals surface area (Å²) < 4.78 is 20.9. The number of rotatable bonds is 4.